The third-order valence-corrected chi connectivity index (χ3v) is 5.08. The van der Waals surface area contributed by atoms with Gasteiger partial charge in [-0.15, -0.1) is 12.4 Å². The van der Waals surface area contributed by atoms with Crippen LogP contribution >= 0.6 is 12.4 Å². The Balaban J connectivity index is 0.00000288. The first kappa shape index (κ1) is 20.8. The van der Waals surface area contributed by atoms with Gasteiger partial charge in [0.15, 0.2) is 0 Å². The lowest BCUT2D eigenvalue weighted by Gasteiger charge is -2.29. The van der Waals surface area contributed by atoms with Crippen LogP contribution in [0.5, 0.6) is 0 Å². The highest BCUT2D eigenvalue weighted by molar-refractivity contribution is 7.89. The van der Waals surface area contributed by atoms with Crippen molar-refractivity contribution in [1.29, 1.82) is 0 Å². The summed E-state index contributed by atoms with van der Waals surface area (Å²) in [7, 11) is -4.11. The number of alkyl halides is 2. The van der Waals surface area contributed by atoms with Crippen molar-refractivity contribution in [3.63, 3.8) is 0 Å². The van der Waals surface area contributed by atoms with Crippen molar-refractivity contribution < 1.29 is 22.0 Å². The van der Waals surface area contributed by atoms with Crippen molar-refractivity contribution in [1.82, 2.24) is 4.72 Å². The van der Waals surface area contributed by atoms with E-state index in [1.807, 2.05) is 4.72 Å². The van der Waals surface area contributed by atoms with Crippen LogP contribution in [0.15, 0.2) is 23.1 Å². The van der Waals surface area contributed by atoms with Crippen LogP contribution in [0, 0.1) is 0 Å². The molecule has 24 heavy (non-hydrogen) atoms. The number of rotatable bonds is 5. The van der Waals surface area contributed by atoms with Gasteiger partial charge >= 0.3 is 0 Å². The number of aryl methyl sites for hydroxylation is 1. The molecule has 0 saturated heterocycles. The molecule has 0 bridgehead atoms. The van der Waals surface area contributed by atoms with Crippen molar-refractivity contribution in [2.45, 2.75) is 30.6 Å². The average molecular weight is 384 g/mol. The summed E-state index contributed by atoms with van der Waals surface area (Å²) < 4.78 is 52.5. The summed E-state index contributed by atoms with van der Waals surface area (Å²) in [4.78, 5) is 13.0. The van der Waals surface area contributed by atoms with Gasteiger partial charge in [-0.2, -0.15) is 0 Å². The number of carbonyl (C=O) groups excluding carboxylic acids is 1. The number of nitrogens with one attached hydrogen (secondary N) is 1. The van der Waals surface area contributed by atoms with Crippen LogP contribution in [0.4, 0.5) is 14.5 Å². The minimum absolute atomic E-state index is 0. The fraction of sp³-hybridized carbons (Fsp3) is 0.500. The predicted molar refractivity (Wildman–Crippen MR) is 89.2 cm³/mol. The van der Waals surface area contributed by atoms with E-state index >= 15 is 0 Å². The van der Waals surface area contributed by atoms with E-state index < -0.39 is 29.0 Å². The molecule has 0 fully saturated rings. The monoisotopic (exact) mass is 383 g/mol. The maximum Gasteiger partial charge on any atom is 0.273 e. The van der Waals surface area contributed by atoms with Crippen LogP contribution in [0.25, 0.3) is 0 Å². The molecule has 1 aliphatic rings. The first-order valence-corrected chi connectivity index (χ1v) is 8.63. The number of sulfonamides is 1. The first-order chi connectivity index (χ1) is 10.7. The van der Waals surface area contributed by atoms with Crippen molar-refractivity contribution in [3.05, 3.63) is 23.8 Å². The van der Waals surface area contributed by atoms with E-state index in [9.17, 15) is 22.0 Å². The smallest absolute Gasteiger partial charge is 0.273 e. The number of nitrogens with two attached hydrogens (primary N) is 1. The van der Waals surface area contributed by atoms with Gasteiger partial charge < -0.3 is 10.6 Å². The molecule has 0 atom stereocenters. The fourth-order valence-corrected chi connectivity index (χ4v) is 3.49. The van der Waals surface area contributed by atoms with E-state index in [-0.39, 0.29) is 23.2 Å². The number of nitrogens with zero attached hydrogens (tertiary/aromatic N) is 1. The highest BCUT2D eigenvalue weighted by Gasteiger charge is 2.30. The third kappa shape index (κ3) is 4.62. The maximum absolute atomic E-state index is 13.1. The van der Waals surface area contributed by atoms with Gasteiger partial charge in [0.2, 0.25) is 15.9 Å². The normalized spacial score (nSPS) is 14.8. The van der Waals surface area contributed by atoms with Crippen LogP contribution in [0.3, 0.4) is 0 Å². The average Bonchev–Trinajstić information content (AvgIpc) is 2.52. The summed E-state index contributed by atoms with van der Waals surface area (Å²) in [6, 6.07) is 4.31. The minimum atomic E-state index is -4.11. The fourth-order valence-electron chi connectivity index (χ4n) is 2.40. The molecule has 1 aromatic carbocycles. The Morgan fingerprint density at radius 2 is 2.08 bits per heavy atom. The molecule has 1 amide bonds. The largest absolute Gasteiger partial charge is 0.325 e. The summed E-state index contributed by atoms with van der Waals surface area (Å²) in [6.45, 7) is -0.113. The molecule has 0 saturated carbocycles. The van der Waals surface area contributed by atoms with E-state index in [1.54, 1.807) is 6.07 Å². The van der Waals surface area contributed by atoms with Gasteiger partial charge in [-0.05, 0) is 30.5 Å². The number of hydrogen-bond donors (Lipinski definition) is 2. The molecule has 1 aromatic rings. The van der Waals surface area contributed by atoms with Gasteiger partial charge in [0.1, 0.15) is 0 Å². The Hall–Kier alpha value is -1.29. The van der Waals surface area contributed by atoms with Crippen molar-refractivity contribution >= 4 is 34.0 Å². The Morgan fingerprint density at radius 3 is 2.67 bits per heavy atom. The van der Waals surface area contributed by atoms with Gasteiger partial charge in [0, 0.05) is 19.2 Å². The maximum atomic E-state index is 13.1. The Kier molecular flexibility index (Phi) is 6.68. The van der Waals surface area contributed by atoms with Crippen molar-refractivity contribution in [3.8, 4) is 0 Å². The van der Waals surface area contributed by atoms with Crippen molar-refractivity contribution in [2.24, 2.45) is 5.73 Å². The topological polar surface area (TPSA) is 92.5 Å². The van der Waals surface area contributed by atoms with Gasteiger partial charge in [-0.25, -0.2) is 21.9 Å². The molecule has 0 radical (unpaired) electrons. The van der Waals surface area contributed by atoms with E-state index in [2.05, 4.69) is 0 Å². The van der Waals surface area contributed by atoms with Crippen molar-refractivity contribution in [2.75, 3.05) is 24.5 Å². The van der Waals surface area contributed by atoms with Gasteiger partial charge in [-0.1, -0.05) is 6.07 Å². The molecule has 6 nitrogen and oxygen atoms in total. The highest BCUT2D eigenvalue weighted by Crippen LogP contribution is 2.30. The molecule has 1 aliphatic heterocycles. The second kappa shape index (κ2) is 7.73. The molecule has 0 unspecified atom stereocenters. The SMILES string of the molecule is CC(=O)N1CCCc2ccc(S(=O)(=O)NCC(F)(F)CN)cc21.Cl. The van der Waals surface area contributed by atoms with Crippen LogP contribution in [0.2, 0.25) is 0 Å². The van der Waals surface area contributed by atoms with Gasteiger partial charge in [0.05, 0.1) is 18.0 Å². The molecule has 0 spiro atoms. The molecular weight excluding hydrogens is 364 g/mol. The molecule has 0 aliphatic carbocycles. The number of amides is 1. The summed E-state index contributed by atoms with van der Waals surface area (Å²) in [5.41, 5.74) is 6.26. The quantitative estimate of drug-likeness (QED) is 0.801. The number of anilines is 1. The zero-order chi connectivity index (χ0) is 17.3. The minimum Gasteiger partial charge on any atom is -0.325 e. The van der Waals surface area contributed by atoms with Crippen LogP contribution in [-0.4, -0.2) is 39.9 Å². The molecule has 0 aromatic heterocycles. The summed E-state index contributed by atoms with van der Waals surface area (Å²) in [5, 5.41) is 0. The van der Waals surface area contributed by atoms with Gasteiger partial charge in [0.25, 0.3) is 5.92 Å². The van der Waals surface area contributed by atoms with Crippen LogP contribution in [-0.2, 0) is 21.2 Å². The van der Waals surface area contributed by atoms with E-state index in [0.717, 1.165) is 18.4 Å². The molecule has 10 heteroatoms. The lowest BCUT2D eigenvalue weighted by molar-refractivity contribution is -0.116. The molecule has 1 heterocycles. The van der Waals surface area contributed by atoms with E-state index in [1.165, 1.54) is 24.0 Å². The Morgan fingerprint density at radius 1 is 1.42 bits per heavy atom. The molecule has 2 rings (SSSR count). The Bertz CT molecular complexity index is 713. The standard InChI is InChI=1S/C14H19F2N3O3S.ClH/c1-10(20)19-6-2-3-11-4-5-12(7-13(11)19)23(21,22)18-9-14(15,16)8-17;/h4-5,7,18H,2-3,6,8-9,17H2,1H3;1H. The lowest BCUT2D eigenvalue weighted by atomic mass is 10.0. The zero-order valence-electron chi connectivity index (χ0n) is 13.1. The van der Waals surface area contributed by atoms with E-state index in [0.29, 0.717) is 12.2 Å². The lowest BCUT2D eigenvalue weighted by Crippen LogP contribution is -2.41. The number of carbonyl (C=O) groups is 1. The number of hydrogen-bond acceptors (Lipinski definition) is 4. The number of fused-ring (bicyclic) bond motifs is 1. The van der Waals surface area contributed by atoms with Crippen LogP contribution < -0.4 is 15.4 Å². The molecule has 136 valence electrons. The highest BCUT2D eigenvalue weighted by atomic mass is 35.5. The van der Waals surface area contributed by atoms with Crippen LogP contribution in [0.1, 0.15) is 18.9 Å². The second-order valence-corrected chi connectivity index (χ2v) is 7.22. The second-order valence-electron chi connectivity index (χ2n) is 5.45. The summed E-state index contributed by atoms with van der Waals surface area (Å²) in [5.74, 6) is -3.50. The van der Waals surface area contributed by atoms with E-state index in [4.69, 9.17) is 5.73 Å². The molecule has 3 N–H and O–H groups in total. The summed E-state index contributed by atoms with van der Waals surface area (Å²) >= 11 is 0. The number of benzene rings is 1. The summed E-state index contributed by atoms with van der Waals surface area (Å²) in [6.07, 6.45) is 1.53. The van der Waals surface area contributed by atoms with Gasteiger partial charge in [-0.3, -0.25) is 4.79 Å². The zero-order valence-corrected chi connectivity index (χ0v) is 14.7. The third-order valence-electron chi connectivity index (χ3n) is 3.69. The number of halogens is 3. The predicted octanol–water partition coefficient (Wildman–Crippen LogP) is 1.28. The molecular formula is C14H20ClF2N3O3S. The first-order valence-electron chi connectivity index (χ1n) is 7.15. The Labute approximate surface area is 145 Å².